The van der Waals surface area contributed by atoms with Crippen molar-refractivity contribution in [3.8, 4) is 5.75 Å². The Bertz CT molecular complexity index is 1250. The van der Waals surface area contributed by atoms with Gasteiger partial charge in [-0.05, 0) is 91.4 Å². The molecule has 4 heterocycles. The molecule has 2 aromatic heterocycles. The number of pyridine rings is 1. The summed E-state index contributed by atoms with van der Waals surface area (Å²) in [5.74, 6) is 0.144. The Kier molecular flexibility index (Phi) is 10.0. The normalized spacial score (nSPS) is 19.1. The highest BCUT2D eigenvalue weighted by molar-refractivity contribution is 7.80. The first-order valence-corrected chi connectivity index (χ1v) is 15.7. The van der Waals surface area contributed by atoms with Gasteiger partial charge in [0.2, 0.25) is 0 Å². The van der Waals surface area contributed by atoms with Crippen LogP contribution in [0.2, 0.25) is 0 Å². The van der Waals surface area contributed by atoms with Gasteiger partial charge in [-0.15, -0.1) is 11.3 Å². The average molecular weight is 584 g/mol. The van der Waals surface area contributed by atoms with Gasteiger partial charge in [-0.3, -0.25) is 14.7 Å². The number of benzene rings is 1. The van der Waals surface area contributed by atoms with Crippen molar-refractivity contribution in [2.24, 2.45) is 5.41 Å². The molecule has 1 unspecified atom stereocenters. The number of thiophene rings is 1. The number of carbonyl (C=O) groups is 1. The van der Waals surface area contributed by atoms with E-state index in [4.69, 9.17) is 27.1 Å². The van der Waals surface area contributed by atoms with Gasteiger partial charge in [-0.1, -0.05) is 6.07 Å². The van der Waals surface area contributed by atoms with Crippen LogP contribution in [0.25, 0.3) is 10.9 Å². The van der Waals surface area contributed by atoms with Crippen molar-refractivity contribution in [3.05, 3.63) is 57.9 Å². The summed E-state index contributed by atoms with van der Waals surface area (Å²) in [4.78, 5) is 22.9. The van der Waals surface area contributed by atoms with Crippen LogP contribution in [0.15, 0.2) is 41.9 Å². The monoisotopic (exact) mass is 583 g/mol. The molecule has 3 aromatic rings. The van der Waals surface area contributed by atoms with Crippen LogP contribution >= 0.6 is 24.0 Å². The number of aliphatic carboxylic acids is 1. The summed E-state index contributed by atoms with van der Waals surface area (Å²) in [6.07, 6.45) is 6.85. The number of hydrogen-bond donors (Lipinski definition) is 2. The predicted octanol–water partition coefficient (Wildman–Crippen LogP) is 5.69. The molecule has 2 fully saturated rings. The van der Waals surface area contributed by atoms with E-state index in [0.29, 0.717) is 0 Å². The second kappa shape index (κ2) is 13.7. The number of piperidine rings is 1. The van der Waals surface area contributed by atoms with Crippen LogP contribution in [-0.2, 0) is 22.5 Å². The Morgan fingerprint density at radius 1 is 1.20 bits per heavy atom. The van der Waals surface area contributed by atoms with E-state index in [2.05, 4.69) is 33.4 Å². The maximum Gasteiger partial charge on any atom is 0.303 e. The van der Waals surface area contributed by atoms with Crippen molar-refractivity contribution >= 4 is 40.8 Å². The minimum absolute atomic E-state index is 0.164. The summed E-state index contributed by atoms with van der Waals surface area (Å²) in [6.45, 7) is 6.98. The van der Waals surface area contributed by atoms with Gasteiger partial charge in [0.05, 0.1) is 32.3 Å². The lowest BCUT2D eigenvalue weighted by atomic mass is 9.71. The summed E-state index contributed by atoms with van der Waals surface area (Å²) < 4.78 is 11.1. The molecule has 0 spiro atoms. The summed E-state index contributed by atoms with van der Waals surface area (Å²) in [5.41, 5.74) is 3.37. The maximum absolute atomic E-state index is 12.0. The zero-order chi connectivity index (χ0) is 28.0. The SMILES string of the molecule is COc1ccc2ncc(CN3CCOCC3)c(CCCC3(CC(=O)O)CCN(CC(S)c4cccs4)CC3)c2c1. The molecule has 216 valence electrons. The van der Waals surface area contributed by atoms with Crippen molar-refractivity contribution in [1.82, 2.24) is 14.8 Å². The molecule has 1 atom stereocenters. The van der Waals surface area contributed by atoms with Crippen LogP contribution in [-0.4, -0.2) is 78.9 Å². The standard InChI is InChI=1S/C31H41N3O4S2/c1-37-24-6-7-27-26(18-24)25(23(20-32-27)21-34-13-15-38-16-14-34)4-2-8-31(19-30(35)36)9-11-33(12-10-31)22-28(39)29-5-3-17-40-29/h3,5-7,17-18,20,28,39H,2,4,8-16,19,21-22H2,1H3,(H,35,36). The largest absolute Gasteiger partial charge is 0.497 e. The summed E-state index contributed by atoms with van der Waals surface area (Å²) in [6, 6.07) is 10.3. The number of hydrogen-bond acceptors (Lipinski definition) is 8. The molecular formula is C31H41N3O4S2. The van der Waals surface area contributed by atoms with Crippen molar-refractivity contribution < 1.29 is 19.4 Å². The number of likely N-dealkylation sites (tertiary alicyclic amines) is 1. The quantitative estimate of drug-likeness (QED) is 0.266. The summed E-state index contributed by atoms with van der Waals surface area (Å²) in [7, 11) is 1.70. The molecular weight excluding hydrogens is 542 g/mol. The van der Waals surface area contributed by atoms with Crippen LogP contribution < -0.4 is 4.74 Å². The molecule has 1 aromatic carbocycles. The first-order chi connectivity index (χ1) is 19.4. The molecule has 0 aliphatic carbocycles. The first-order valence-electron chi connectivity index (χ1n) is 14.3. The third-order valence-electron chi connectivity index (χ3n) is 8.65. The van der Waals surface area contributed by atoms with Gasteiger partial charge in [0.1, 0.15) is 5.75 Å². The van der Waals surface area contributed by atoms with Crippen LogP contribution in [0.4, 0.5) is 0 Å². The van der Waals surface area contributed by atoms with Crippen molar-refractivity contribution in [3.63, 3.8) is 0 Å². The van der Waals surface area contributed by atoms with E-state index in [9.17, 15) is 9.90 Å². The second-order valence-electron chi connectivity index (χ2n) is 11.3. The summed E-state index contributed by atoms with van der Waals surface area (Å²) in [5, 5.41) is 13.3. The van der Waals surface area contributed by atoms with Crippen LogP contribution in [0.1, 0.15) is 53.4 Å². The molecule has 0 saturated carbocycles. The number of ether oxygens (including phenoxy) is 2. The Balaban J connectivity index is 1.29. The fourth-order valence-corrected chi connectivity index (χ4v) is 7.53. The topological polar surface area (TPSA) is 75.1 Å². The van der Waals surface area contributed by atoms with E-state index < -0.39 is 5.97 Å². The van der Waals surface area contributed by atoms with Crippen molar-refractivity contribution in [2.75, 3.05) is 53.0 Å². The molecule has 5 rings (SSSR count). The number of rotatable bonds is 12. The number of fused-ring (bicyclic) bond motifs is 1. The fraction of sp³-hybridized carbons (Fsp3) is 0.548. The van der Waals surface area contributed by atoms with Gasteiger partial charge in [0, 0.05) is 47.9 Å². The number of carboxylic acid groups (broad SMARTS) is 1. The van der Waals surface area contributed by atoms with Crippen molar-refractivity contribution in [1.29, 1.82) is 0 Å². The third kappa shape index (κ3) is 7.36. The predicted molar refractivity (Wildman–Crippen MR) is 164 cm³/mol. The average Bonchev–Trinajstić information content (AvgIpc) is 3.51. The zero-order valence-electron chi connectivity index (χ0n) is 23.4. The van der Waals surface area contributed by atoms with Gasteiger partial charge in [0.15, 0.2) is 0 Å². The smallest absolute Gasteiger partial charge is 0.303 e. The molecule has 2 aliphatic rings. The van der Waals surface area contributed by atoms with E-state index in [-0.39, 0.29) is 17.1 Å². The van der Waals surface area contributed by atoms with E-state index >= 15 is 0 Å². The zero-order valence-corrected chi connectivity index (χ0v) is 25.1. The van der Waals surface area contributed by atoms with Crippen LogP contribution in [0.5, 0.6) is 5.75 Å². The Hall–Kier alpha value is -2.17. The van der Waals surface area contributed by atoms with Crippen LogP contribution in [0, 0.1) is 5.41 Å². The highest BCUT2D eigenvalue weighted by atomic mass is 32.1. The molecule has 0 bridgehead atoms. The number of aryl methyl sites for hydroxylation is 1. The fourth-order valence-electron chi connectivity index (χ4n) is 6.33. The number of methoxy groups -OCH3 is 1. The number of carboxylic acids is 1. The lowest BCUT2D eigenvalue weighted by Gasteiger charge is -2.42. The Morgan fingerprint density at radius 2 is 2.00 bits per heavy atom. The molecule has 1 N–H and O–H groups in total. The van der Waals surface area contributed by atoms with Gasteiger partial charge < -0.3 is 19.5 Å². The van der Waals surface area contributed by atoms with E-state index in [1.54, 1.807) is 18.4 Å². The maximum atomic E-state index is 12.0. The number of nitrogens with zero attached hydrogens (tertiary/aromatic N) is 3. The minimum atomic E-state index is -0.689. The van der Waals surface area contributed by atoms with Gasteiger partial charge in [-0.25, -0.2) is 0 Å². The molecule has 2 saturated heterocycles. The highest BCUT2D eigenvalue weighted by Gasteiger charge is 2.36. The van der Waals surface area contributed by atoms with E-state index in [1.807, 2.05) is 18.3 Å². The van der Waals surface area contributed by atoms with E-state index in [0.717, 1.165) is 101 Å². The number of morpholine rings is 1. The lowest BCUT2D eigenvalue weighted by Crippen LogP contribution is -2.42. The molecule has 40 heavy (non-hydrogen) atoms. The second-order valence-corrected chi connectivity index (χ2v) is 12.9. The van der Waals surface area contributed by atoms with Gasteiger partial charge in [-0.2, -0.15) is 12.6 Å². The third-order valence-corrected chi connectivity index (χ3v) is 10.3. The highest BCUT2D eigenvalue weighted by Crippen LogP contribution is 2.41. The Labute approximate surface area is 246 Å². The number of thiol groups is 1. The first kappa shape index (κ1) is 29.3. The molecule has 7 nitrogen and oxygen atoms in total. The molecule has 0 amide bonds. The minimum Gasteiger partial charge on any atom is -0.497 e. The van der Waals surface area contributed by atoms with Gasteiger partial charge in [0.25, 0.3) is 0 Å². The van der Waals surface area contributed by atoms with Crippen molar-refractivity contribution in [2.45, 2.75) is 50.3 Å². The van der Waals surface area contributed by atoms with Crippen LogP contribution in [0.3, 0.4) is 0 Å². The Morgan fingerprint density at radius 3 is 2.70 bits per heavy atom. The number of aromatic nitrogens is 1. The molecule has 2 aliphatic heterocycles. The molecule has 0 radical (unpaired) electrons. The van der Waals surface area contributed by atoms with E-state index in [1.165, 1.54) is 16.0 Å². The molecule has 9 heteroatoms. The lowest BCUT2D eigenvalue weighted by molar-refractivity contribution is -0.140. The summed E-state index contributed by atoms with van der Waals surface area (Å²) >= 11 is 6.59. The van der Waals surface area contributed by atoms with Gasteiger partial charge >= 0.3 is 5.97 Å².